The van der Waals surface area contributed by atoms with Gasteiger partial charge in [-0.25, -0.2) is 0 Å². The first-order valence-electron chi connectivity index (χ1n) is 8.49. The van der Waals surface area contributed by atoms with E-state index in [2.05, 4.69) is 5.32 Å². The molecule has 0 radical (unpaired) electrons. The summed E-state index contributed by atoms with van der Waals surface area (Å²) in [7, 11) is 3.86. The molecule has 5 heteroatoms. The number of rotatable bonds is 3. The van der Waals surface area contributed by atoms with Crippen LogP contribution in [0.25, 0.3) is 0 Å². The van der Waals surface area contributed by atoms with Gasteiger partial charge in [-0.2, -0.15) is 0 Å². The molecule has 0 aromatic heterocycles. The van der Waals surface area contributed by atoms with E-state index in [0.29, 0.717) is 16.9 Å². The minimum absolute atomic E-state index is 0.0686. The van der Waals surface area contributed by atoms with Crippen LogP contribution in [0.1, 0.15) is 32.1 Å². The lowest BCUT2D eigenvalue weighted by molar-refractivity contribution is -0.122. The molecule has 3 N–H and O–H groups in total. The molecule has 23 heavy (non-hydrogen) atoms. The molecule has 1 aromatic carbocycles. The highest BCUT2D eigenvalue weighted by molar-refractivity contribution is 6.34. The molecule has 2 unspecified atom stereocenters. The van der Waals surface area contributed by atoms with Gasteiger partial charge in [-0.3, -0.25) is 4.79 Å². The number of fused-ring (bicyclic) bond motifs is 2. The van der Waals surface area contributed by atoms with Gasteiger partial charge in [0.25, 0.3) is 0 Å². The number of benzene rings is 1. The molecule has 0 spiro atoms. The summed E-state index contributed by atoms with van der Waals surface area (Å²) in [6, 6.07) is 5.91. The Morgan fingerprint density at radius 2 is 1.91 bits per heavy atom. The lowest BCUT2D eigenvalue weighted by Gasteiger charge is -2.43. The molecular weight excluding hydrogens is 310 g/mol. The average Bonchev–Trinajstić information content (AvgIpc) is 2.46. The van der Waals surface area contributed by atoms with Crippen LogP contribution < -0.4 is 16.0 Å². The second kappa shape index (κ2) is 6.70. The molecular formula is C18H26ClN3O. The summed E-state index contributed by atoms with van der Waals surface area (Å²) in [6.07, 6.45) is 5.43. The highest BCUT2D eigenvalue weighted by Gasteiger charge is 2.40. The van der Waals surface area contributed by atoms with Gasteiger partial charge in [0.15, 0.2) is 0 Å². The maximum atomic E-state index is 12.8. The van der Waals surface area contributed by atoms with Crippen LogP contribution in [0.5, 0.6) is 0 Å². The normalized spacial score (nSPS) is 29.9. The van der Waals surface area contributed by atoms with E-state index in [9.17, 15) is 4.79 Å². The summed E-state index contributed by atoms with van der Waals surface area (Å²) in [5, 5.41) is 3.75. The smallest absolute Gasteiger partial charge is 0.227 e. The maximum absolute atomic E-state index is 12.8. The molecule has 2 atom stereocenters. The van der Waals surface area contributed by atoms with E-state index in [1.165, 1.54) is 19.3 Å². The van der Waals surface area contributed by atoms with Gasteiger partial charge in [-0.1, -0.05) is 24.1 Å². The van der Waals surface area contributed by atoms with Gasteiger partial charge in [0.2, 0.25) is 5.91 Å². The minimum atomic E-state index is 0.0686. The molecule has 1 aromatic rings. The molecule has 3 rings (SSSR count). The fraction of sp³-hybridized carbons (Fsp3) is 0.611. The van der Waals surface area contributed by atoms with Crippen molar-refractivity contribution in [1.82, 2.24) is 0 Å². The summed E-state index contributed by atoms with van der Waals surface area (Å²) in [5.74, 6) is 1.19. The molecule has 0 aliphatic heterocycles. The van der Waals surface area contributed by atoms with Crippen LogP contribution in [0, 0.1) is 17.8 Å². The topological polar surface area (TPSA) is 58.4 Å². The number of halogens is 1. The van der Waals surface area contributed by atoms with Gasteiger partial charge < -0.3 is 16.0 Å². The number of hydrogen-bond acceptors (Lipinski definition) is 3. The fourth-order valence-electron chi connectivity index (χ4n) is 4.31. The van der Waals surface area contributed by atoms with E-state index in [-0.39, 0.29) is 17.9 Å². The zero-order valence-electron chi connectivity index (χ0n) is 13.9. The molecule has 4 nitrogen and oxygen atoms in total. The number of nitrogens with two attached hydrogens (primary N) is 1. The van der Waals surface area contributed by atoms with Crippen molar-refractivity contribution in [3.8, 4) is 0 Å². The number of nitrogens with one attached hydrogen (secondary N) is 1. The molecule has 2 saturated carbocycles. The monoisotopic (exact) mass is 335 g/mol. The molecule has 2 aliphatic carbocycles. The highest BCUT2D eigenvalue weighted by Crippen LogP contribution is 2.42. The minimum Gasteiger partial charge on any atom is -0.375 e. The summed E-state index contributed by atoms with van der Waals surface area (Å²) >= 11 is 6.28. The zero-order valence-corrected chi connectivity index (χ0v) is 14.6. The second-order valence-corrected chi connectivity index (χ2v) is 7.62. The lowest BCUT2D eigenvalue weighted by atomic mass is 9.65. The summed E-state index contributed by atoms with van der Waals surface area (Å²) in [6.45, 7) is 0. The Morgan fingerprint density at radius 3 is 2.52 bits per heavy atom. The summed E-state index contributed by atoms with van der Waals surface area (Å²) in [5.41, 5.74) is 7.97. The lowest BCUT2D eigenvalue weighted by Crippen LogP contribution is -2.48. The Bertz CT molecular complexity index is 576. The van der Waals surface area contributed by atoms with Gasteiger partial charge >= 0.3 is 0 Å². The SMILES string of the molecule is CN(C)c1c(Cl)cccc1NC(=O)C1CC2CCCC(C1)C2N. The van der Waals surface area contributed by atoms with E-state index in [1.807, 2.05) is 37.2 Å². The molecule has 2 bridgehead atoms. The highest BCUT2D eigenvalue weighted by atomic mass is 35.5. The molecule has 1 amide bonds. The first kappa shape index (κ1) is 16.6. The first-order valence-corrected chi connectivity index (χ1v) is 8.87. The summed E-state index contributed by atoms with van der Waals surface area (Å²) < 4.78 is 0. The number of hydrogen-bond donors (Lipinski definition) is 2. The summed E-state index contributed by atoms with van der Waals surface area (Å²) in [4.78, 5) is 14.7. The van der Waals surface area contributed by atoms with Crippen LogP contribution in [-0.4, -0.2) is 26.0 Å². The third kappa shape index (κ3) is 3.33. The van der Waals surface area contributed by atoms with Crippen LogP contribution in [0.2, 0.25) is 5.02 Å². The maximum Gasteiger partial charge on any atom is 0.227 e. The van der Waals surface area contributed by atoms with Gasteiger partial charge in [-0.05, 0) is 49.7 Å². The van der Waals surface area contributed by atoms with Crippen LogP contribution >= 0.6 is 11.6 Å². The third-order valence-electron chi connectivity index (χ3n) is 5.48. The standard InChI is InChI=1S/C18H26ClN3O/c1-22(2)17-14(19)7-4-8-15(17)21-18(23)13-9-11-5-3-6-12(10-13)16(11)20/h4,7-8,11-13,16H,3,5-6,9-10,20H2,1-2H3,(H,21,23). The van der Waals surface area contributed by atoms with Crippen LogP contribution in [0.4, 0.5) is 11.4 Å². The van der Waals surface area contributed by atoms with Crippen molar-refractivity contribution in [3.63, 3.8) is 0 Å². The molecule has 2 aliphatic rings. The van der Waals surface area contributed by atoms with Crippen molar-refractivity contribution in [1.29, 1.82) is 0 Å². The molecule has 2 fully saturated rings. The Kier molecular flexibility index (Phi) is 4.83. The molecule has 0 saturated heterocycles. The van der Waals surface area contributed by atoms with E-state index in [0.717, 1.165) is 24.2 Å². The third-order valence-corrected chi connectivity index (χ3v) is 5.78. The largest absolute Gasteiger partial charge is 0.375 e. The number of carbonyl (C=O) groups is 1. The van der Waals surface area contributed by atoms with Crippen molar-refractivity contribution in [2.75, 3.05) is 24.3 Å². The van der Waals surface area contributed by atoms with Crippen molar-refractivity contribution in [2.24, 2.45) is 23.5 Å². The van der Waals surface area contributed by atoms with Crippen LogP contribution in [0.15, 0.2) is 18.2 Å². The van der Waals surface area contributed by atoms with E-state index in [1.54, 1.807) is 0 Å². The number of carbonyl (C=O) groups excluding carboxylic acids is 1. The first-order chi connectivity index (χ1) is 11.0. The van der Waals surface area contributed by atoms with Gasteiger partial charge in [-0.15, -0.1) is 0 Å². The average molecular weight is 336 g/mol. The van der Waals surface area contributed by atoms with Crippen molar-refractivity contribution in [2.45, 2.75) is 38.1 Å². The predicted molar refractivity (Wildman–Crippen MR) is 95.9 cm³/mol. The second-order valence-electron chi connectivity index (χ2n) is 7.22. The van der Waals surface area contributed by atoms with E-state index < -0.39 is 0 Å². The Labute approximate surface area is 143 Å². The number of amides is 1. The number of para-hydroxylation sites is 1. The van der Waals surface area contributed by atoms with E-state index >= 15 is 0 Å². The Morgan fingerprint density at radius 1 is 1.26 bits per heavy atom. The Hall–Kier alpha value is -1.26. The number of anilines is 2. The predicted octanol–water partition coefficient (Wildman–Crippen LogP) is 3.50. The van der Waals surface area contributed by atoms with Crippen LogP contribution in [-0.2, 0) is 4.79 Å². The van der Waals surface area contributed by atoms with E-state index in [4.69, 9.17) is 17.3 Å². The fourth-order valence-corrected chi connectivity index (χ4v) is 4.65. The Balaban J connectivity index is 1.74. The zero-order chi connectivity index (χ0) is 16.6. The number of nitrogens with zero attached hydrogens (tertiary/aromatic N) is 1. The van der Waals surface area contributed by atoms with Gasteiger partial charge in [0, 0.05) is 26.1 Å². The van der Waals surface area contributed by atoms with Crippen molar-refractivity contribution in [3.05, 3.63) is 23.2 Å². The van der Waals surface area contributed by atoms with Crippen molar-refractivity contribution >= 4 is 28.9 Å². The van der Waals surface area contributed by atoms with Gasteiger partial charge in [0.1, 0.15) is 0 Å². The van der Waals surface area contributed by atoms with Crippen molar-refractivity contribution < 1.29 is 4.79 Å². The molecule has 126 valence electrons. The van der Waals surface area contributed by atoms with Crippen LogP contribution in [0.3, 0.4) is 0 Å². The van der Waals surface area contributed by atoms with Gasteiger partial charge in [0.05, 0.1) is 16.4 Å². The quantitative estimate of drug-likeness (QED) is 0.888. The molecule has 0 heterocycles.